The molecule has 1 aliphatic carbocycles. The van der Waals surface area contributed by atoms with Crippen molar-refractivity contribution in [2.24, 2.45) is 0 Å². The molecule has 26 heavy (non-hydrogen) atoms. The van der Waals surface area contributed by atoms with Gasteiger partial charge < -0.3 is 19.5 Å². The number of fused-ring (bicyclic) bond motifs is 2. The number of hydrogen-bond donors (Lipinski definition) is 1. The van der Waals surface area contributed by atoms with E-state index in [-0.39, 0.29) is 25.2 Å². The second-order valence-electron chi connectivity index (χ2n) is 6.29. The maximum Gasteiger partial charge on any atom is 0.348 e. The zero-order valence-electron chi connectivity index (χ0n) is 14.2. The van der Waals surface area contributed by atoms with E-state index in [4.69, 9.17) is 14.2 Å². The Balaban J connectivity index is 1.21. The molecule has 0 radical (unpaired) electrons. The summed E-state index contributed by atoms with van der Waals surface area (Å²) in [7, 11) is 0. The summed E-state index contributed by atoms with van der Waals surface area (Å²) in [6.45, 7) is 0.349. The number of nitrogens with one attached hydrogen (secondary N) is 1. The molecule has 1 amide bonds. The Morgan fingerprint density at radius 3 is 2.92 bits per heavy atom. The van der Waals surface area contributed by atoms with Crippen molar-refractivity contribution < 1.29 is 23.8 Å². The van der Waals surface area contributed by atoms with E-state index in [2.05, 4.69) is 5.32 Å². The van der Waals surface area contributed by atoms with Gasteiger partial charge in [0.1, 0.15) is 17.6 Å². The van der Waals surface area contributed by atoms with Crippen LogP contribution in [0.1, 0.15) is 26.5 Å². The Kier molecular flexibility index (Phi) is 4.79. The largest absolute Gasteiger partial charge is 0.486 e. The fourth-order valence-corrected chi connectivity index (χ4v) is 4.22. The van der Waals surface area contributed by atoms with Crippen molar-refractivity contribution in [3.05, 3.63) is 45.6 Å². The maximum atomic E-state index is 12.1. The van der Waals surface area contributed by atoms with Crippen LogP contribution in [0.3, 0.4) is 0 Å². The van der Waals surface area contributed by atoms with E-state index < -0.39 is 5.97 Å². The van der Waals surface area contributed by atoms with E-state index in [0.29, 0.717) is 23.0 Å². The number of amides is 1. The summed E-state index contributed by atoms with van der Waals surface area (Å²) in [6.07, 6.45) is 2.92. The van der Waals surface area contributed by atoms with Gasteiger partial charge in [0.05, 0.1) is 6.54 Å². The lowest BCUT2D eigenvalue weighted by Gasteiger charge is -2.26. The van der Waals surface area contributed by atoms with Gasteiger partial charge in [0.2, 0.25) is 0 Å². The third kappa shape index (κ3) is 3.67. The molecule has 2 heterocycles. The highest BCUT2D eigenvalue weighted by atomic mass is 32.1. The first-order valence-corrected chi connectivity index (χ1v) is 9.44. The number of ether oxygens (including phenoxy) is 3. The molecule has 0 saturated heterocycles. The zero-order valence-corrected chi connectivity index (χ0v) is 15.0. The molecule has 0 fully saturated rings. The number of carbonyl (C=O) groups excluding carboxylic acids is 2. The quantitative estimate of drug-likeness (QED) is 0.815. The van der Waals surface area contributed by atoms with E-state index in [1.165, 1.54) is 21.8 Å². The summed E-state index contributed by atoms with van der Waals surface area (Å²) in [5.74, 6) is 0.567. The third-order valence-electron chi connectivity index (χ3n) is 4.38. The number of esters is 1. The first kappa shape index (κ1) is 16.9. The molecule has 7 heteroatoms. The normalized spacial score (nSPS) is 17.5. The minimum atomic E-state index is -0.439. The predicted octanol–water partition coefficient (Wildman–Crippen LogP) is 2.35. The van der Waals surface area contributed by atoms with E-state index >= 15 is 0 Å². The van der Waals surface area contributed by atoms with Crippen molar-refractivity contribution >= 4 is 23.2 Å². The Bertz CT molecular complexity index is 810. The number of para-hydroxylation sites is 2. The molecule has 4 rings (SSSR count). The molecule has 1 aliphatic heterocycles. The minimum Gasteiger partial charge on any atom is -0.486 e. The van der Waals surface area contributed by atoms with E-state index in [0.717, 1.165) is 19.3 Å². The first-order chi connectivity index (χ1) is 12.7. The Hall–Kier alpha value is -2.54. The van der Waals surface area contributed by atoms with Gasteiger partial charge in [-0.3, -0.25) is 4.79 Å². The van der Waals surface area contributed by atoms with Gasteiger partial charge in [0.15, 0.2) is 18.1 Å². The fraction of sp³-hybridized carbons (Fsp3) is 0.368. The van der Waals surface area contributed by atoms with Crippen molar-refractivity contribution in [3.63, 3.8) is 0 Å². The predicted molar refractivity (Wildman–Crippen MR) is 96.0 cm³/mol. The van der Waals surface area contributed by atoms with E-state index in [9.17, 15) is 9.59 Å². The standard InChI is InChI=1S/C19H19NO5S/c21-18(11-24-19(22)17-8-12-4-3-7-16(12)26-17)20-9-13-10-23-14-5-1-2-6-15(14)25-13/h1-2,5-6,8,13H,3-4,7,9-11H2,(H,20,21)/t13-/m0/s1. The topological polar surface area (TPSA) is 73.9 Å². The molecular weight excluding hydrogens is 354 g/mol. The number of hydrogen-bond acceptors (Lipinski definition) is 6. The van der Waals surface area contributed by atoms with Gasteiger partial charge in [-0.25, -0.2) is 4.79 Å². The van der Waals surface area contributed by atoms with Gasteiger partial charge in [-0.15, -0.1) is 11.3 Å². The van der Waals surface area contributed by atoms with Crippen molar-refractivity contribution in [1.82, 2.24) is 5.32 Å². The molecular formula is C19H19NO5S. The average Bonchev–Trinajstić information content (AvgIpc) is 3.26. The molecule has 0 spiro atoms. The fourth-order valence-electron chi connectivity index (χ4n) is 3.07. The van der Waals surface area contributed by atoms with Crippen LogP contribution in [0, 0.1) is 0 Å². The Morgan fingerprint density at radius 2 is 2.08 bits per heavy atom. The molecule has 6 nitrogen and oxygen atoms in total. The maximum absolute atomic E-state index is 12.1. The molecule has 1 aromatic heterocycles. The van der Waals surface area contributed by atoms with Crippen LogP contribution >= 0.6 is 11.3 Å². The molecule has 1 aromatic carbocycles. The van der Waals surface area contributed by atoms with Gasteiger partial charge in [0.25, 0.3) is 5.91 Å². The Labute approximate surface area is 155 Å². The van der Waals surface area contributed by atoms with Crippen LogP contribution < -0.4 is 14.8 Å². The Morgan fingerprint density at radius 1 is 1.23 bits per heavy atom. The van der Waals surface area contributed by atoms with Crippen molar-refractivity contribution in [3.8, 4) is 11.5 Å². The van der Waals surface area contributed by atoms with Gasteiger partial charge in [-0.2, -0.15) is 0 Å². The van der Waals surface area contributed by atoms with Crippen LogP contribution in [0.15, 0.2) is 30.3 Å². The molecule has 2 aromatic rings. The summed E-state index contributed by atoms with van der Waals surface area (Å²) in [4.78, 5) is 25.8. The molecule has 0 bridgehead atoms. The summed E-state index contributed by atoms with van der Waals surface area (Å²) < 4.78 is 16.5. The molecule has 0 unspecified atom stereocenters. The van der Waals surface area contributed by atoms with Gasteiger partial charge >= 0.3 is 5.97 Å². The summed E-state index contributed by atoms with van der Waals surface area (Å²) in [5, 5.41) is 2.71. The monoisotopic (exact) mass is 373 g/mol. The smallest absolute Gasteiger partial charge is 0.348 e. The molecule has 2 aliphatic rings. The third-order valence-corrected chi connectivity index (χ3v) is 5.59. The second kappa shape index (κ2) is 7.37. The number of rotatable bonds is 5. The number of aryl methyl sites for hydroxylation is 2. The number of benzene rings is 1. The van der Waals surface area contributed by atoms with Crippen molar-refractivity contribution in [2.45, 2.75) is 25.4 Å². The van der Waals surface area contributed by atoms with Crippen LogP contribution in [0.4, 0.5) is 0 Å². The molecule has 136 valence electrons. The van der Waals surface area contributed by atoms with Gasteiger partial charge in [0, 0.05) is 4.88 Å². The molecule has 0 saturated carbocycles. The number of carbonyl (C=O) groups is 2. The lowest BCUT2D eigenvalue weighted by Crippen LogP contribution is -2.42. The molecule has 1 N–H and O–H groups in total. The van der Waals surface area contributed by atoms with E-state index in [1.807, 2.05) is 30.3 Å². The van der Waals surface area contributed by atoms with Crippen molar-refractivity contribution in [2.75, 3.05) is 19.8 Å². The minimum absolute atomic E-state index is 0.273. The SMILES string of the molecule is O=C(COC(=O)c1cc2c(s1)CCC2)NC[C@H]1COc2ccccc2O1. The highest BCUT2D eigenvalue weighted by Crippen LogP contribution is 2.31. The first-order valence-electron chi connectivity index (χ1n) is 8.63. The van der Waals surface area contributed by atoms with Crippen LogP contribution in [0.5, 0.6) is 11.5 Å². The summed E-state index contributed by atoms with van der Waals surface area (Å²) >= 11 is 1.47. The van der Waals surface area contributed by atoms with Crippen molar-refractivity contribution in [1.29, 1.82) is 0 Å². The van der Waals surface area contributed by atoms with Gasteiger partial charge in [-0.05, 0) is 43.0 Å². The highest BCUT2D eigenvalue weighted by Gasteiger charge is 2.22. The van der Waals surface area contributed by atoms with Crippen LogP contribution in [-0.4, -0.2) is 37.7 Å². The highest BCUT2D eigenvalue weighted by molar-refractivity contribution is 7.14. The van der Waals surface area contributed by atoms with Gasteiger partial charge in [-0.1, -0.05) is 12.1 Å². The zero-order chi connectivity index (χ0) is 17.9. The van der Waals surface area contributed by atoms with Crippen LogP contribution in [0.25, 0.3) is 0 Å². The second-order valence-corrected chi connectivity index (χ2v) is 7.43. The number of thiophene rings is 1. The lowest BCUT2D eigenvalue weighted by molar-refractivity contribution is -0.124. The van der Waals surface area contributed by atoms with Crippen LogP contribution in [0.2, 0.25) is 0 Å². The summed E-state index contributed by atoms with van der Waals surface area (Å²) in [5.41, 5.74) is 1.24. The molecule has 1 atom stereocenters. The van der Waals surface area contributed by atoms with Crippen LogP contribution in [-0.2, 0) is 22.4 Å². The summed E-state index contributed by atoms with van der Waals surface area (Å²) in [6, 6.07) is 9.29. The average molecular weight is 373 g/mol. The van der Waals surface area contributed by atoms with E-state index in [1.54, 1.807) is 0 Å². The lowest BCUT2D eigenvalue weighted by atomic mass is 10.2.